The summed E-state index contributed by atoms with van der Waals surface area (Å²) in [5.74, 6) is -0.199. The summed E-state index contributed by atoms with van der Waals surface area (Å²) in [7, 11) is -3.90. The summed E-state index contributed by atoms with van der Waals surface area (Å²) in [5, 5.41) is 12.9. The molecule has 1 atom stereocenters. The molecule has 1 unspecified atom stereocenters. The molecule has 0 saturated heterocycles. The summed E-state index contributed by atoms with van der Waals surface area (Å²) >= 11 is 6.02. The molecule has 0 aliphatic carbocycles. The van der Waals surface area contributed by atoms with Crippen LogP contribution in [0.25, 0.3) is 0 Å². The number of benzene rings is 2. The molecule has 3 aromatic rings. The zero-order chi connectivity index (χ0) is 20.6. The van der Waals surface area contributed by atoms with Crippen molar-refractivity contribution < 1.29 is 8.42 Å². The van der Waals surface area contributed by atoms with Gasteiger partial charge in [-0.3, -0.25) is 0 Å². The van der Waals surface area contributed by atoms with E-state index >= 15 is 0 Å². The number of hydrogen-bond donors (Lipinski definition) is 0. The fourth-order valence-electron chi connectivity index (χ4n) is 3.34. The summed E-state index contributed by atoms with van der Waals surface area (Å²) in [6, 6.07) is 16.9. The summed E-state index contributed by atoms with van der Waals surface area (Å²) in [5.41, 5.74) is 2.51. The average Bonchev–Trinajstić information content (AvgIpc) is 3.38. The van der Waals surface area contributed by atoms with Gasteiger partial charge >= 0.3 is 0 Å². The molecule has 1 aliphatic heterocycles. The van der Waals surface area contributed by atoms with Crippen molar-refractivity contribution in [2.75, 3.05) is 6.54 Å². The van der Waals surface area contributed by atoms with Crippen LogP contribution in [0.15, 0.2) is 70.9 Å². The molecule has 9 heteroatoms. The highest BCUT2D eigenvalue weighted by Gasteiger charge is 2.38. The quantitative estimate of drug-likeness (QED) is 0.619. The minimum absolute atomic E-state index is 0.0282. The first kappa shape index (κ1) is 19.6. The summed E-state index contributed by atoms with van der Waals surface area (Å²) in [4.78, 5) is 0. The molecule has 2 heterocycles. The number of rotatable bonds is 5. The maximum absolute atomic E-state index is 13.3. The van der Waals surface area contributed by atoms with Crippen molar-refractivity contribution in [3.63, 3.8) is 0 Å². The van der Waals surface area contributed by atoms with Crippen LogP contribution in [0.4, 0.5) is 0 Å². The molecule has 1 aliphatic rings. The predicted molar refractivity (Wildman–Crippen MR) is 111 cm³/mol. The minimum Gasteiger partial charge on any atom is -0.230 e. The number of sulfonamides is 1. The third kappa shape index (κ3) is 3.65. The third-order valence-corrected chi connectivity index (χ3v) is 6.66. The van der Waals surface area contributed by atoms with Crippen molar-refractivity contribution in [3.05, 3.63) is 76.9 Å². The molecule has 4 rings (SSSR count). The summed E-state index contributed by atoms with van der Waals surface area (Å²) in [6.07, 6.45) is 1.27. The SMILES string of the molecule is CC(C)n1nncc1S(=O)(=O)N1CC(c2ccccc2)C(c2ccc(Cl)cc2)=N1. The molecule has 0 N–H and O–H groups in total. The lowest BCUT2D eigenvalue weighted by molar-refractivity contribution is 0.422. The van der Waals surface area contributed by atoms with Crippen LogP contribution in [-0.2, 0) is 10.0 Å². The fraction of sp³-hybridized carbons (Fsp3) is 0.250. The molecule has 7 nitrogen and oxygen atoms in total. The van der Waals surface area contributed by atoms with Crippen LogP contribution in [0.1, 0.15) is 36.9 Å². The van der Waals surface area contributed by atoms with Crippen LogP contribution in [0.5, 0.6) is 0 Å². The maximum atomic E-state index is 13.3. The van der Waals surface area contributed by atoms with Crippen LogP contribution >= 0.6 is 11.6 Å². The van der Waals surface area contributed by atoms with Crippen molar-refractivity contribution in [1.82, 2.24) is 19.4 Å². The van der Waals surface area contributed by atoms with E-state index in [1.165, 1.54) is 10.9 Å². The van der Waals surface area contributed by atoms with E-state index in [1.54, 1.807) is 12.1 Å². The van der Waals surface area contributed by atoms with Crippen LogP contribution in [-0.4, -0.2) is 40.1 Å². The van der Waals surface area contributed by atoms with Gasteiger partial charge in [-0.1, -0.05) is 59.3 Å². The Balaban J connectivity index is 1.79. The number of nitrogens with zero attached hydrogens (tertiary/aromatic N) is 5. The number of hydrogen-bond acceptors (Lipinski definition) is 5. The van der Waals surface area contributed by atoms with Crippen LogP contribution in [0.2, 0.25) is 5.02 Å². The van der Waals surface area contributed by atoms with Crippen molar-refractivity contribution in [2.24, 2.45) is 5.10 Å². The highest BCUT2D eigenvalue weighted by molar-refractivity contribution is 7.89. The molecule has 0 saturated carbocycles. The molecule has 1 aromatic heterocycles. The zero-order valence-corrected chi connectivity index (χ0v) is 17.5. The number of aromatic nitrogens is 3. The van der Waals surface area contributed by atoms with Crippen LogP contribution in [0, 0.1) is 0 Å². The van der Waals surface area contributed by atoms with Gasteiger partial charge in [-0.05, 0) is 37.1 Å². The van der Waals surface area contributed by atoms with Gasteiger partial charge in [0.25, 0.3) is 10.0 Å². The van der Waals surface area contributed by atoms with E-state index < -0.39 is 10.0 Å². The number of hydrazone groups is 1. The minimum atomic E-state index is -3.90. The Kier molecular flexibility index (Phi) is 5.14. The van der Waals surface area contributed by atoms with Crippen molar-refractivity contribution in [1.29, 1.82) is 0 Å². The molecule has 2 aromatic carbocycles. The normalized spacial score (nSPS) is 17.0. The standard InChI is InChI=1S/C20H20ClN5O2S/c1-14(2)26-19(12-22-24-26)29(27,28)25-13-18(15-6-4-3-5-7-15)20(23-25)16-8-10-17(21)11-9-16/h3-12,14,18H,13H2,1-2H3. The van der Waals surface area contributed by atoms with Gasteiger partial charge in [0.15, 0.2) is 5.03 Å². The van der Waals surface area contributed by atoms with Crippen LogP contribution in [0.3, 0.4) is 0 Å². The van der Waals surface area contributed by atoms with Gasteiger partial charge in [0, 0.05) is 17.0 Å². The molecule has 0 radical (unpaired) electrons. The smallest absolute Gasteiger partial charge is 0.230 e. The topological polar surface area (TPSA) is 80.4 Å². The van der Waals surface area contributed by atoms with E-state index in [2.05, 4.69) is 15.4 Å². The summed E-state index contributed by atoms with van der Waals surface area (Å²) in [6.45, 7) is 3.91. The zero-order valence-electron chi connectivity index (χ0n) is 16.0. The van der Waals surface area contributed by atoms with E-state index in [1.807, 2.05) is 56.3 Å². The van der Waals surface area contributed by atoms with Gasteiger partial charge in [0.2, 0.25) is 0 Å². The lowest BCUT2D eigenvalue weighted by Crippen LogP contribution is -2.28. The van der Waals surface area contributed by atoms with Gasteiger partial charge in [-0.25, -0.2) is 4.68 Å². The molecular weight excluding hydrogens is 410 g/mol. The largest absolute Gasteiger partial charge is 0.297 e. The highest BCUT2D eigenvalue weighted by Crippen LogP contribution is 2.32. The predicted octanol–water partition coefficient (Wildman–Crippen LogP) is 3.70. The second kappa shape index (κ2) is 7.61. The molecule has 0 spiro atoms. The molecule has 0 amide bonds. The molecule has 0 fully saturated rings. The lowest BCUT2D eigenvalue weighted by atomic mass is 9.91. The second-order valence-electron chi connectivity index (χ2n) is 7.08. The Morgan fingerprint density at radius 3 is 2.41 bits per heavy atom. The van der Waals surface area contributed by atoms with Gasteiger partial charge in [-0.2, -0.15) is 17.9 Å². The molecular formula is C20H20ClN5O2S. The van der Waals surface area contributed by atoms with E-state index in [0.29, 0.717) is 10.7 Å². The van der Waals surface area contributed by atoms with Crippen LogP contribution < -0.4 is 0 Å². The Hall–Kier alpha value is -2.71. The number of halogens is 1. The Morgan fingerprint density at radius 2 is 1.76 bits per heavy atom. The Labute approximate surface area is 174 Å². The second-order valence-corrected chi connectivity index (χ2v) is 9.30. The first-order valence-corrected chi connectivity index (χ1v) is 11.0. The van der Waals surface area contributed by atoms with Crippen molar-refractivity contribution in [3.8, 4) is 0 Å². The van der Waals surface area contributed by atoms with Gasteiger partial charge in [-0.15, -0.1) is 5.10 Å². The third-order valence-electron chi connectivity index (χ3n) is 4.80. The first-order valence-electron chi connectivity index (χ1n) is 9.20. The maximum Gasteiger partial charge on any atom is 0.297 e. The fourth-order valence-corrected chi connectivity index (χ4v) is 4.88. The highest BCUT2D eigenvalue weighted by atomic mass is 35.5. The Bertz CT molecular complexity index is 1140. The summed E-state index contributed by atoms with van der Waals surface area (Å²) < 4.78 is 29.2. The van der Waals surface area contributed by atoms with E-state index in [9.17, 15) is 8.42 Å². The van der Waals surface area contributed by atoms with E-state index in [0.717, 1.165) is 15.5 Å². The average molecular weight is 430 g/mol. The van der Waals surface area contributed by atoms with Gasteiger partial charge < -0.3 is 0 Å². The molecule has 29 heavy (non-hydrogen) atoms. The van der Waals surface area contributed by atoms with Gasteiger partial charge in [0.1, 0.15) is 0 Å². The van der Waals surface area contributed by atoms with Crippen molar-refractivity contribution in [2.45, 2.75) is 30.8 Å². The molecule has 0 bridgehead atoms. The lowest BCUT2D eigenvalue weighted by Gasteiger charge is -2.17. The monoisotopic (exact) mass is 429 g/mol. The van der Waals surface area contributed by atoms with E-state index in [-0.39, 0.29) is 23.5 Å². The van der Waals surface area contributed by atoms with E-state index in [4.69, 9.17) is 11.6 Å². The molecule has 150 valence electrons. The first-order chi connectivity index (χ1) is 13.9. The van der Waals surface area contributed by atoms with Crippen molar-refractivity contribution >= 4 is 27.3 Å². The Morgan fingerprint density at radius 1 is 1.07 bits per heavy atom. The van der Waals surface area contributed by atoms with Gasteiger partial charge in [0.05, 0.1) is 18.5 Å².